The maximum Gasteiger partial charge on any atom is 0.321 e. The Labute approximate surface area is 165 Å². The lowest BCUT2D eigenvalue weighted by Crippen LogP contribution is -2.55. The summed E-state index contributed by atoms with van der Waals surface area (Å²) in [6, 6.07) is 6.98. The molecule has 2 aliphatic rings. The van der Waals surface area contributed by atoms with E-state index in [2.05, 4.69) is 20.4 Å². The number of rotatable bonds is 7. The summed E-state index contributed by atoms with van der Waals surface area (Å²) in [6.07, 6.45) is 2.00. The Morgan fingerprint density at radius 2 is 1.93 bits per heavy atom. The first kappa shape index (κ1) is 19.9. The minimum absolute atomic E-state index is 0.240. The molecule has 1 aliphatic heterocycles. The van der Waals surface area contributed by atoms with Crippen LogP contribution >= 0.6 is 11.6 Å². The van der Waals surface area contributed by atoms with Crippen molar-refractivity contribution in [2.24, 2.45) is 0 Å². The number of nitrogens with one attached hydrogen (secondary N) is 2. The molecule has 1 saturated heterocycles. The van der Waals surface area contributed by atoms with Crippen molar-refractivity contribution >= 4 is 23.5 Å². The molecular weight excluding hydrogens is 368 g/mol. The van der Waals surface area contributed by atoms with Crippen LogP contribution in [0.25, 0.3) is 0 Å². The fourth-order valence-corrected chi connectivity index (χ4v) is 3.24. The van der Waals surface area contributed by atoms with Gasteiger partial charge in [-0.15, -0.1) is 0 Å². The minimum atomic E-state index is -0.385. The highest BCUT2D eigenvalue weighted by Gasteiger charge is 2.28. The molecule has 2 N–H and O–H groups in total. The number of para-hydroxylation sites is 1. The lowest BCUT2D eigenvalue weighted by atomic mass is 10.2. The molecule has 3 amide bonds. The third-order valence-electron chi connectivity index (χ3n) is 4.99. The SMILES string of the molecule is CC(C(=O)NC(=O)NC1CC1)N1CCN(CCOc2ccccc2Cl)CC1. The lowest BCUT2D eigenvalue weighted by Gasteiger charge is -2.37. The third-order valence-corrected chi connectivity index (χ3v) is 5.30. The number of hydrogen-bond acceptors (Lipinski definition) is 5. The van der Waals surface area contributed by atoms with Crippen molar-refractivity contribution < 1.29 is 14.3 Å². The number of carbonyl (C=O) groups is 2. The standard InChI is InChI=1S/C19H27ClN4O3/c1-14(18(25)22-19(26)21-15-6-7-15)24-10-8-23(9-11-24)12-13-27-17-5-3-2-4-16(17)20/h2-5,14-15H,6-13H2,1H3,(H2,21,22,25,26). The second-order valence-electron chi connectivity index (χ2n) is 7.07. The summed E-state index contributed by atoms with van der Waals surface area (Å²) in [5.74, 6) is 0.455. The molecule has 1 atom stereocenters. The maximum atomic E-state index is 12.2. The van der Waals surface area contributed by atoms with E-state index < -0.39 is 0 Å². The Morgan fingerprint density at radius 3 is 2.59 bits per heavy atom. The van der Waals surface area contributed by atoms with Crippen molar-refractivity contribution in [3.63, 3.8) is 0 Å². The molecule has 1 aromatic rings. The molecule has 1 unspecified atom stereocenters. The van der Waals surface area contributed by atoms with Gasteiger partial charge in [0.1, 0.15) is 12.4 Å². The van der Waals surface area contributed by atoms with E-state index in [-0.39, 0.29) is 24.0 Å². The molecule has 1 aromatic carbocycles. The topological polar surface area (TPSA) is 73.9 Å². The molecule has 27 heavy (non-hydrogen) atoms. The predicted octanol–water partition coefficient (Wildman–Crippen LogP) is 1.71. The third kappa shape index (κ3) is 6.09. The van der Waals surface area contributed by atoms with E-state index in [9.17, 15) is 9.59 Å². The number of carbonyl (C=O) groups excluding carboxylic acids is 2. The first-order valence-electron chi connectivity index (χ1n) is 9.48. The number of benzene rings is 1. The molecule has 3 rings (SSSR count). The van der Waals surface area contributed by atoms with Gasteiger partial charge < -0.3 is 10.1 Å². The normalized spacial score (nSPS) is 19.3. The van der Waals surface area contributed by atoms with E-state index in [0.29, 0.717) is 17.4 Å². The number of amides is 3. The summed E-state index contributed by atoms with van der Waals surface area (Å²) in [4.78, 5) is 28.4. The molecule has 7 nitrogen and oxygen atoms in total. The molecule has 148 valence electrons. The Kier molecular flexibility index (Phi) is 6.93. The van der Waals surface area contributed by atoms with Gasteiger partial charge >= 0.3 is 6.03 Å². The molecule has 0 spiro atoms. The number of nitrogens with zero attached hydrogens (tertiary/aromatic N) is 2. The van der Waals surface area contributed by atoms with Crippen molar-refractivity contribution in [1.29, 1.82) is 0 Å². The Balaban J connectivity index is 1.34. The summed E-state index contributed by atoms with van der Waals surface area (Å²) in [5, 5.41) is 5.83. The largest absolute Gasteiger partial charge is 0.491 e. The highest BCUT2D eigenvalue weighted by molar-refractivity contribution is 6.32. The number of urea groups is 1. The van der Waals surface area contributed by atoms with Crippen molar-refractivity contribution in [2.75, 3.05) is 39.3 Å². The van der Waals surface area contributed by atoms with Gasteiger partial charge in [0.2, 0.25) is 5.91 Å². The van der Waals surface area contributed by atoms with Crippen LogP contribution in [0, 0.1) is 0 Å². The number of ether oxygens (including phenoxy) is 1. The smallest absolute Gasteiger partial charge is 0.321 e. The fourth-order valence-electron chi connectivity index (χ4n) is 3.05. The quantitative estimate of drug-likeness (QED) is 0.736. The zero-order valence-electron chi connectivity index (χ0n) is 15.6. The van der Waals surface area contributed by atoms with Crippen molar-refractivity contribution in [3.05, 3.63) is 29.3 Å². The highest BCUT2D eigenvalue weighted by atomic mass is 35.5. The van der Waals surface area contributed by atoms with Crippen LogP contribution in [0.5, 0.6) is 5.75 Å². The van der Waals surface area contributed by atoms with Gasteiger partial charge in [0, 0.05) is 38.8 Å². The van der Waals surface area contributed by atoms with Crippen LogP contribution in [-0.4, -0.2) is 73.2 Å². The first-order valence-corrected chi connectivity index (χ1v) is 9.86. The molecule has 1 heterocycles. The molecule has 0 bridgehead atoms. The van der Waals surface area contributed by atoms with E-state index in [0.717, 1.165) is 45.6 Å². The average Bonchev–Trinajstić information content (AvgIpc) is 3.47. The molecular formula is C19H27ClN4O3. The van der Waals surface area contributed by atoms with Crippen LogP contribution < -0.4 is 15.4 Å². The summed E-state index contributed by atoms with van der Waals surface area (Å²) in [5.41, 5.74) is 0. The number of imide groups is 1. The second kappa shape index (κ2) is 9.39. The summed E-state index contributed by atoms with van der Waals surface area (Å²) < 4.78 is 5.74. The Hall–Kier alpha value is -1.83. The summed E-state index contributed by atoms with van der Waals surface area (Å²) in [6.45, 7) is 6.51. The zero-order valence-corrected chi connectivity index (χ0v) is 16.4. The number of halogens is 1. The van der Waals surface area contributed by atoms with Gasteiger partial charge in [-0.05, 0) is 31.9 Å². The first-order chi connectivity index (χ1) is 13.0. The average molecular weight is 395 g/mol. The Morgan fingerprint density at radius 1 is 1.22 bits per heavy atom. The fraction of sp³-hybridized carbons (Fsp3) is 0.579. The van der Waals surface area contributed by atoms with Gasteiger partial charge in [-0.2, -0.15) is 0 Å². The molecule has 1 aliphatic carbocycles. The zero-order chi connectivity index (χ0) is 19.2. The molecule has 2 fully saturated rings. The van der Waals surface area contributed by atoms with Crippen molar-refractivity contribution in [2.45, 2.75) is 31.8 Å². The van der Waals surface area contributed by atoms with E-state index in [1.54, 1.807) is 0 Å². The van der Waals surface area contributed by atoms with Crippen LogP contribution in [-0.2, 0) is 4.79 Å². The van der Waals surface area contributed by atoms with Crippen LogP contribution in [0.15, 0.2) is 24.3 Å². The van der Waals surface area contributed by atoms with E-state index >= 15 is 0 Å². The molecule has 0 radical (unpaired) electrons. The van der Waals surface area contributed by atoms with Crippen LogP contribution in [0.4, 0.5) is 4.79 Å². The van der Waals surface area contributed by atoms with Gasteiger partial charge in [0.15, 0.2) is 0 Å². The van der Waals surface area contributed by atoms with Crippen molar-refractivity contribution in [3.8, 4) is 5.75 Å². The molecule has 1 saturated carbocycles. The highest BCUT2D eigenvalue weighted by Crippen LogP contribution is 2.23. The van der Waals surface area contributed by atoms with Gasteiger partial charge in [0.05, 0.1) is 11.1 Å². The summed E-state index contributed by atoms with van der Waals surface area (Å²) >= 11 is 6.08. The van der Waals surface area contributed by atoms with E-state index in [1.807, 2.05) is 31.2 Å². The molecule has 0 aromatic heterocycles. The van der Waals surface area contributed by atoms with Gasteiger partial charge in [0.25, 0.3) is 0 Å². The lowest BCUT2D eigenvalue weighted by molar-refractivity contribution is -0.125. The van der Waals surface area contributed by atoms with Crippen LogP contribution in [0.3, 0.4) is 0 Å². The van der Waals surface area contributed by atoms with Gasteiger partial charge in [-0.1, -0.05) is 23.7 Å². The monoisotopic (exact) mass is 394 g/mol. The molecule has 8 heteroatoms. The maximum absolute atomic E-state index is 12.2. The number of piperazine rings is 1. The van der Waals surface area contributed by atoms with Gasteiger partial charge in [-0.3, -0.25) is 19.9 Å². The second-order valence-corrected chi connectivity index (χ2v) is 7.48. The Bertz CT molecular complexity index is 660. The predicted molar refractivity (Wildman–Crippen MR) is 104 cm³/mol. The number of hydrogen-bond donors (Lipinski definition) is 2. The van der Waals surface area contributed by atoms with Crippen LogP contribution in [0.2, 0.25) is 5.02 Å². The van der Waals surface area contributed by atoms with Crippen molar-refractivity contribution in [1.82, 2.24) is 20.4 Å². The van der Waals surface area contributed by atoms with E-state index in [1.165, 1.54) is 0 Å². The minimum Gasteiger partial charge on any atom is -0.491 e. The summed E-state index contributed by atoms with van der Waals surface area (Å²) in [7, 11) is 0. The van der Waals surface area contributed by atoms with E-state index in [4.69, 9.17) is 16.3 Å². The van der Waals surface area contributed by atoms with Gasteiger partial charge in [-0.25, -0.2) is 4.79 Å². The van der Waals surface area contributed by atoms with Crippen LogP contribution in [0.1, 0.15) is 19.8 Å².